The summed E-state index contributed by atoms with van der Waals surface area (Å²) in [5.74, 6) is 1.41. The molecule has 0 aromatic carbocycles. The molecule has 2 aromatic rings. The molecule has 4 rings (SSSR count). The van der Waals surface area contributed by atoms with Crippen LogP contribution in [0.2, 0.25) is 0 Å². The zero-order valence-corrected chi connectivity index (χ0v) is 17.8. The topological polar surface area (TPSA) is 99.4 Å². The van der Waals surface area contributed by atoms with Crippen molar-refractivity contribution >= 4 is 17.4 Å². The van der Waals surface area contributed by atoms with Crippen LogP contribution in [0.4, 0.5) is 11.5 Å². The van der Waals surface area contributed by atoms with E-state index in [0.29, 0.717) is 24.7 Å². The van der Waals surface area contributed by atoms with Gasteiger partial charge < -0.3 is 25.3 Å². The number of amides is 1. The van der Waals surface area contributed by atoms with Gasteiger partial charge in [-0.05, 0) is 55.0 Å². The molecule has 164 valence electrons. The van der Waals surface area contributed by atoms with Crippen molar-refractivity contribution in [3.63, 3.8) is 0 Å². The van der Waals surface area contributed by atoms with Crippen LogP contribution >= 0.6 is 0 Å². The minimum Gasteiger partial charge on any atom is -0.381 e. The lowest BCUT2D eigenvalue weighted by Crippen LogP contribution is -2.57. The molecule has 8 nitrogen and oxygen atoms in total. The Morgan fingerprint density at radius 2 is 2.10 bits per heavy atom. The third-order valence-electron chi connectivity index (χ3n) is 5.88. The maximum Gasteiger partial charge on any atom is 0.271 e. The second-order valence-corrected chi connectivity index (χ2v) is 8.09. The standard InChI is InChI=1S/C23H29N5O3/c1-24-21-12-17(5-8-25-21)18-11-20(23(30)26-13-18)27-19-14-28(15-19)22(29)4-2-3-16-6-9-31-10-7-16/h2,4-5,8,11-13,16,19,27H,3,6-7,9-10,14-15H2,1H3,(H,24,25)(H,26,30)/b4-2+. The molecule has 2 saturated heterocycles. The van der Waals surface area contributed by atoms with Crippen molar-refractivity contribution < 1.29 is 9.53 Å². The van der Waals surface area contributed by atoms with Crippen LogP contribution in [0.5, 0.6) is 0 Å². The highest BCUT2D eigenvalue weighted by Crippen LogP contribution is 2.23. The van der Waals surface area contributed by atoms with E-state index in [-0.39, 0.29) is 17.5 Å². The second kappa shape index (κ2) is 9.78. The van der Waals surface area contributed by atoms with E-state index >= 15 is 0 Å². The van der Waals surface area contributed by atoms with Gasteiger partial charge in [-0.15, -0.1) is 0 Å². The first-order valence-corrected chi connectivity index (χ1v) is 10.8. The minimum atomic E-state index is -0.173. The third kappa shape index (κ3) is 5.32. The number of aromatic amines is 1. The van der Waals surface area contributed by atoms with Gasteiger partial charge in [-0.25, -0.2) is 4.98 Å². The highest BCUT2D eigenvalue weighted by Gasteiger charge is 2.29. The summed E-state index contributed by atoms with van der Waals surface area (Å²) in [5.41, 5.74) is 2.18. The van der Waals surface area contributed by atoms with Crippen molar-refractivity contribution in [1.29, 1.82) is 0 Å². The fourth-order valence-corrected chi connectivity index (χ4v) is 3.92. The Hall–Kier alpha value is -3.13. The van der Waals surface area contributed by atoms with Gasteiger partial charge in [0.25, 0.3) is 5.56 Å². The fourth-order valence-electron chi connectivity index (χ4n) is 3.92. The number of likely N-dealkylation sites (tertiary alicyclic amines) is 1. The number of nitrogens with one attached hydrogen (secondary N) is 3. The number of H-pyrrole nitrogens is 1. The molecule has 2 aromatic heterocycles. The maximum atomic E-state index is 12.3. The first-order valence-electron chi connectivity index (χ1n) is 10.8. The molecule has 3 N–H and O–H groups in total. The molecule has 0 atom stereocenters. The Bertz CT molecular complexity index is 991. The number of nitrogens with zero attached hydrogens (tertiary/aromatic N) is 2. The van der Waals surface area contributed by atoms with Gasteiger partial charge in [0.2, 0.25) is 5.91 Å². The molecule has 2 aliphatic rings. The first kappa shape index (κ1) is 21.1. The normalized spacial score (nSPS) is 17.5. The molecule has 0 spiro atoms. The van der Waals surface area contributed by atoms with Crippen molar-refractivity contribution in [2.45, 2.75) is 25.3 Å². The summed E-state index contributed by atoms with van der Waals surface area (Å²) in [6.45, 7) is 2.82. The van der Waals surface area contributed by atoms with Crippen molar-refractivity contribution in [1.82, 2.24) is 14.9 Å². The van der Waals surface area contributed by atoms with Gasteiger partial charge in [-0.2, -0.15) is 0 Å². The van der Waals surface area contributed by atoms with Crippen LogP contribution in [0.25, 0.3) is 11.1 Å². The first-order chi connectivity index (χ1) is 15.1. The van der Waals surface area contributed by atoms with Crippen LogP contribution in [0.3, 0.4) is 0 Å². The van der Waals surface area contributed by atoms with E-state index in [1.807, 2.05) is 31.3 Å². The predicted octanol–water partition coefficient (Wildman–Crippen LogP) is 2.47. The van der Waals surface area contributed by atoms with Gasteiger partial charge in [0.1, 0.15) is 11.5 Å². The molecule has 2 fully saturated rings. The van der Waals surface area contributed by atoms with Crippen LogP contribution in [-0.4, -0.2) is 60.2 Å². The number of ether oxygens (including phenoxy) is 1. The van der Waals surface area contributed by atoms with Gasteiger partial charge in [0, 0.05) is 51.3 Å². The Labute approximate surface area is 181 Å². The number of rotatable bonds is 7. The summed E-state index contributed by atoms with van der Waals surface area (Å²) >= 11 is 0. The van der Waals surface area contributed by atoms with Gasteiger partial charge in [-0.1, -0.05) is 6.08 Å². The van der Waals surface area contributed by atoms with Crippen LogP contribution in [0.1, 0.15) is 19.3 Å². The van der Waals surface area contributed by atoms with E-state index < -0.39 is 0 Å². The smallest absolute Gasteiger partial charge is 0.271 e. The average molecular weight is 424 g/mol. The molecule has 0 saturated carbocycles. The number of allylic oxidation sites excluding steroid dienone is 1. The van der Waals surface area contributed by atoms with E-state index in [4.69, 9.17) is 4.74 Å². The molecule has 0 radical (unpaired) electrons. The molecule has 0 bridgehead atoms. The summed E-state index contributed by atoms with van der Waals surface area (Å²) in [7, 11) is 1.82. The number of pyridine rings is 2. The number of hydrogen-bond acceptors (Lipinski definition) is 6. The summed E-state index contributed by atoms with van der Waals surface area (Å²) in [6, 6.07) is 5.73. The summed E-state index contributed by atoms with van der Waals surface area (Å²) in [6.07, 6.45) is 10.2. The molecular weight excluding hydrogens is 394 g/mol. The number of aromatic nitrogens is 2. The molecule has 0 aliphatic carbocycles. The van der Waals surface area contributed by atoms with Crippen molar-refractivity contribution in [2.75, 3.05) is 44.0 Å². The average Bonchev–Trinajstić information content (AvgIpc) is 2.77. The predicted molar refractivity (Wildman–Crippen MR) is 121 cm³/mol. The fraction of sp³-hybridized carbons (Fsp3) is 0.435. The van der Waals surface area contributed by atoms with Gasteiger partial charge in [0.15, 0.2) is 0 Å². The number of carbonyl (C=O) groups is 1. The van der Waals surface area contributed by atoms with Gasteiger partial charge in [-0.3, -0.25) is 9.59 Å². The lowest BCUT2D eigenvalue weighted by Gasteiger charge is -2.39. The van der Waals surface area contributed by atoms with Crippen LogP contribution < -0.4 is 16.2 Å². The lowest BCUT2D eigenvalue weighted by molar-refractivity contribution is -0.129. The van der Waals surface area contributed by atoms with Crippen LogP contribution in [-0.2, 0) is 9.53 Å². The Balaban J connectivity index is 1.30. The van der Waals surface area contributed by atoms with Crippen molar-refractivity contribution in [2.24, 2.45) is 5.92 Å². The van der Waals surface area contributed by atoms with Crippen molar-refractivity contribution in [3.05, 3.63) is 53.1 Å². The summed E-state index contributed by atoms with van der Waals surface area (Å²) in [4.78, 5) is 33.4. The Morgan fingerprint density at radius 3 is 2.87 bits per heavy atom. The quantitative estimate of drug-likeness (QED) is 0.592. The van der Waals surface area contributed by atoms with E-state index in [9.17, 15) is 9.59 Å². The molecule has 1 amide bonds. The van der Waals surface area contributed by atoms with E-state index in [0.717, 1.165) is 49.4 Å². The molecule has 0 unspecified atom stereocenters. The Morgan fingerprint density at radius 1 is 1.29 bits per heavy atom. The largest absolute Gasteiger partial charge is 0.381 e. The molecule has 2 aliphatic heterocycles. The van der Waals surface area contributed by atoms with Gasteiger partial charge in [0.05, 0.1) is 6.04 Å². The van der Waals surface area contributed by atoms with Crippen LogP contribution in [0, 0.1) is 5.92 Å². The number of hydrogen-bond donors (Lipinski definition) is 3. The Kier molecular flexibility index (Phi) is 6.66. The summed E-state index contributed by atoms with van der Waals surface area (Å²) in [5, 5.41) is 6.29. The SMILES string of the molecule is CNc1cc(-c2c[nH]c(=O)c(NC3CN(C(=O)/C=C/CC4CCOCC4)C3)c2)ccn1. The maximum absolute atomic E-state index is 12.3. The van der Waals surface area contributed by atoms with Crippen LogP contribution in [0.15, 0.2) is 47.5 Å². The third-order valence-corrected chi connectivity index (χ3v) is 5.88. The highest BCUT2D eigenvalue weighted by atomic mass is 16.5. The molecule has 4 heterocycles. The number of carbonyl (C=O) groups excluding carboxylic acids is 1. The molecular formula is C23H29N5O3. The minimum absolute atomic E-state index is 0.0316. The van der Waals surface area contributed by atoms with E-state index in [2.05, 4.69) is 20.6 Å². The van der Waals surface area contributed by atoms with Gasteiger partial charge >= 0.3 is 0 Å². The zero-order chi connectivity index (χ0) is 21.6. The second-order valence-electron chi connectivity index (χ2n) is 8.09. The van der Waals surface area contributed by atoms with E-state index in [1.165, 1.54) is 0 Å². The molecule has 8 heteroatoms. The summed E-state index contributed by atoms with van der Waals surface area (Å²) < 4.78 is 5.37. The molecule has 31 heavy (non-hydrogen) atoms. The highest BCUT2D eigenvalue weighted by molar-refractivity contribution is 5.88. The van der Waals surface area contributed by atoms with E-state index in [1.54, 1.807) is 23.4 Å². The number of anilines is 2. The monoisotopic (exact) mass is 423 g/mol. The zero-order valence-electron chi connectivity index (χ0n) is 17.8. The lowest BCUT2D eigenvalue weighted by atomic mass is 9.96. The van der Waals surface area contributed by atoms with Crippen molar-refractivity contribution in [3.8, 4) is 11.1 Å².